The van der Waals surface area contributed by atoms with E-state index in [1.807, 2.05) is 0 Å². The Hall–Kier alpha value is 0.0300. The molecular weight excluding hydrogens is 188 g/mol. The number of rotatable bonds is 4. The molecule has 0 saturated carbocycles. The zero-order chi connectivity index (χ0) is 9.68. The second-order valence-corrected chi connectivity index (χ2v) is 4.61. The molecule has 1 heterocycles. The third-order valence-corrected chi connectivity index (χ3v) is 3.26. The number of hydrogen-bond donors (Lipinski definition) is 1. The van der Waals surface area contributed by atoms with Gasteiger partial charge in [0, 0.05) is 17.8 Å². The van der Waals surface area contributed by atoms with Crippen LogP contribution in [0.3, 0.4) is 0 Å². The zero-order valence-corrected chi connectivity index (χ0v) is 8.81. The fourth-order valence-corrected chi connectivity index (χ4v) is 1.86. The standard InChI is InChI=1S/C8H18N2O2S/c1-10(13(11)12)7-4-8-2-5-9-6-3-8/h8-9H,2-7H2,1H3,(H,11,12)/p-1. The quantitative estimate of drug-likeness (QED) is 0.662. The summed E-state index contributed by atoms with van der Waals surface area (Å²) in [4.78, 5) is 0. The van der Waals surface area contributed by atoms with Crippen LogP contribution in [0.4, 0.5) is 0 Å². The molecule has 1 fully saturated rings. The third-order valence-electron chi connectivity index (χ3n) is 2.57. The monoisotopic (exact) mass is 205 g/mol. The fraction of sp³-hybridized carbons (Fsp3) is 1.00. The lowest BCUT2D eigenvalue weighted by molar-refractivity contribution is 0.322. The van der Waals surface area contributed by atoms with E-state index in [2.05, 4.69) is 5.32 Å². The Bertz CT molecular complexity index is 172. The maximum atomic E-state index is 10.5. The van der Waals surface area contributed by atoms with E-state index in [0.29, 0.717) is 12.5 Å². The van der Waals surface area contributed by atoms with Crippen molar-refractivity contribution in [2.45, 2.75) is 19.3 Å². The first-order chi connectivity index (χ1) is 6.20. The molecule has 5 heteroatoms. The summed E-state index contributed by atoms with van der Waals surface area (Å²) >= 11 is -2.05. The first kappa shape index (κ1) is 11.1. The van der Waals surface area contributed by atoms with Crippen LogP contribution in [0.2, 0.25) is 0 Å². The molecule has 0 aliphatic carbocycles. The Morgan fingerprint density at radius 1 is 1.54 bits per heavy atom. The lowest BCUT2D eigenvalue weighted by atomic mass is 9.95. The van der Waals surface area contributed by atoms with E-state index < -0.39 is 11.3 Å². The van der Waals surface area contributed by atoms with E-state index in [1.165, 1.54) is 17.1 Å². The van der Waals surface area contributed by atoms with Crippen molar-refractivity contribution in [2.24, 2.45) is 5.92 Å². The van der Waals surface area contributed by atoms with Crippen molar-refractivity contribution in [3.05, 3.63) is 0 Å². The number of nitrogens with zero attached hydrogens (tertiary/aromatic N) is 1. The van der Waals surface area contributed by atoms with Gasteiger partial charge in [-0.05, 0) is 45.3 Å². The lowest BCUT2D eigenvalue weighted by Gasteiger charge is -2.25. The van der Waals surface area contributed by atoms with Gasteiger partial charge in [-0.2, -0.15) is 0 Å². The van der Waals surface area contributed by atoms with E-state index in [-0.39, 0.29) is 0 Å². The van der Waals surface area contributed by atoms with Crippen molar-refractivity contribution in [3.63, 3.8) is 0 Å². The predicted molar refractivity (Wildman–Crippen MR) is 51.8 cm³/mol. The van der Waals surface area contributed by atoms with Gasteiger partial charge in [0.15, 0.2) is 0 Å². The molecular formula is C8H17N2O2S-. The minimum atomic E-state index is -2.05. The summed E-state index contributed by atoms with van der Waals surface area (Å²) in [5, 5.41) is 3.29. The van der Waals surface area contributed by atoms with Gasteiger partial charge in [-0.15, -0.1) is 0 Å². The van der Waals surface area contributed by atoms with Crippen LogP contribution in [0.25, 0.3) is 0 Å². The van der Waals surface area contributed by atoms with Crippen molar-refractivity contribution in [1.82, 2.24) is 9.62 Å². The molecule has 1 saturated heterocycles. The van der Waals surface area contributed by atoms with Crippen LogP contribution in [0.5, 0.6) is 0 Å². The number of nitrogens with one attached hydrogen (secondary N) is 1. The summed E-state index contributed by atoms with van der Waals surface area (Å²) < 4.78 is 22.3. The van der Waals surface area contributed by atoms with Gasteiger partial charge in [-0.25, -0.2) is 4.31 Å². The summed E-state index contributed by atoms with van der Waals surface area (Å²) in [6.45, 7) is 2.81. The Balaban J connectivity index is 2.13. The molecule has 0 aromatic heterocycles. The van der Waals surface area contributed by atoms with E-state index in [4.69, 9.17) is 0 Å². The van der Waals surface area contributed by atoms with Crippen LogP contribution in [0.1, 0.15) is 19.3 Å². The van der Waals surface area contributed by atoms with Crippen molar-refractivity contribution < 1.29 is 8.76 Å². The fourth-order valence-electron chi connectivity index (χ4n) is 1.61. The zero-order valence-electron chi connectivity index (χ0n) is 7.99. The maximum absolute atomic E-state index is 10.5. The van der Waals surface area contributed by atoms with E-state index in [9.17, 15) is 8.76 Å². The third kappa shape index (κ3) is 4.17. The van der Waals surface area contributed by atoms with Crippen LogP contribution in [-0.2, 0) is 11.3 Å². The number of piperidine rings is 1. The van der Waals surface area contributed by atoms with Gasteiger partial charge < -0.3 is 9.87 Å². The van der Waals surface area contributed by atoms with E-state index in [1.54, 1.807) is 7.05 Å². The molecule has 4 nitrogen and oxygen atoms in total. The molecule has 0 amide bonds. The van der Waals surface area contributed by atoms with Crippen molar-refractivity contribution in [3.8, 4) is 0 Å². The van der Waals surface area contributed by atoms with Crippen molar-refractivity contribution in [1.29, 1.82) is 0 Å². The highest BCUT2D eigenvalue weighted by atomic mass is 32.2. The Morgan fingerprint density at radius 3 is 2.69 bits per heavy atom. The van der Waals surface area contributed by atoms with Crippen LogP contribution in [0, 0.1) is 5.92 Å². The molecule has 1 aliphatic rings. The molecule has 0 bridgehead atoms. The van der Waals surface area contributed by atoms with Gasteiger partial charge in [-0.3, -0.25) is 4.21 Å². The maximum Gasteiger partial charge on any atom is 0.0206 e. The molecule has 1 unspecified atom stereocenters. The van der Waals surface area contributed by atoms with Gasteiger partial charge in [0.2, 0.25) is 0 Å². The van der Waals surface area contributed by atoms with Gasteiger partial charge in [0.05, 0.1) is 0 Å². The van der Waals surface area contributed by atoms with E-state index in [0.717, 1.165) is 19.5 Å². The van der Waals surface area contributed by atoms with Crippen LogP contribution >= 0.6 is 0 Å². The molecule has 1 aliphatic heterocycles. The highest BCUT2D eigenvalue weighted by molar-refractivity contribution is 7.76. The first-order valence-corrected chi connectivity index (χ1v) is 5.74. The highest BCUT2D eigenvalue weighted by Gasteiger charge is 2.13. The molecule has 1 rings (SSSR count). The molecule has 0 aromatic carbocycles. The van der Waals surface area contributed by atoms with Gasteiger partial charge in [-0.1, -0.05) is 0 Å². The summed E-state index contributed by atoms with van der Waals surface area (Å²) in [6.07, 6.45) is 3.35. The van der Waals surface area contributed by atoms with Gasteiger partial charge in [0.25, 0.3) is 0 Å². The molecule has 0 aromatic rings. The summed E-state index contributed by atoms with van der Waals surface area (Å²) in [7, 11) is 1.62. The van der Waals surface area contributed by atoms with Gasteiger partial charge >= 0.3 is 0 Å². The second-order valence-electron chi connectivity index (χ2n) is 3.55. The number of hydrogen-bond acceptors (Lipinski definition) is 3. The molecule has 78 valence electrons. The topological polar surface area (TPSA) is 55.4 Å². The molecule has 0 spiro atoms. The largest absolute Gasteiger partial charge is 0.760 e. The van der Waals surface area contributed by atoms with Crippen LogP contribution in [0.15, 0.2) is 0 Å². The van der Waals surface area contributed by atoms with Gasteiger partial charge in [0.1, 0.15) is 0 Å². The molecule has 13 heavy (non-hydrogen) atoms. The summed E-state index contributed by atoms with van der Waals surface area (Å²) in [6, 6.07) is 0. The Labute approximate surface area is 82.1 Å². The minimum Gasteiger partial charge on any atom is -0.760 e. The lowest BCUT2D eigenvalue weighted by Crippen LogP contribution is -2.30. The Morgan fingerprint density at radius 2 is 2.15 bits per heavy atom. The average molecular weight is 205 g/mol. The second kappa shape index (κ2) is 5.70. The average Bonchev–Trinajstić information content (AvgIpc) is 2.15. The normalized spacial score (nSPS) is 22.1. The first-order valence-electron chi connectivity index (χ1n) is 4.71. The van der Waals surface area contributed by atoms with Crippen LogP contribution < -0.4 is 5.32 Å². The molecule has 0 radical (unpaired) electrons. The smallest absolute Gasteiger partial charge is 0.0206 e. The molecule has 1 atom stereocenters. The van der Waals surface area contributed by atoms with Crippen molar-refractivity contribution >= 4 is 11.3 Å². The SMILES string of the molecule is CN(CCC1CCNCC1)S(=O)[O-]. The Kier molecular flexibility index (Phi) is 4.87. The summed E-state index contributed by atoms with van der Waals surface area (Å²) in [5.41, 5.74) is 0. The molecule has 1 N–H and O–H groups in total. The highest BCUT2D eigenvalue weighted by Crippen LogP contribution is 2.15. The van der Waals surface area contributed by atoms with Crippen LogP contribution in [-0.4, -0.2) is 39.7 Å². The van der Waals surface area contributed by atoms with E-state index >= 15 is 0 Å². The van der Waals surface area contributed by atoms with Crippen molar-refractivity contribution in [2.75, 3.05) is 26.7 Å². The summed E-state index contributed by atoms with van der Waals surface area (Å²) in [5.74, 6) is 0.701. The predicted octanol–water partition coefficient (Wildman–Crippen LogP) is 0.102. The minimum absolute atomic E-state index is 0.654.